The van der Waals surface area contributed by atoms with Crippen LogP contribution in [0.5, 0.6) is 0 Å². The van der Waals surface area contributed by atoms with Gasteiger partial charge in [0.1, 0.15) is 4.75 Å². The van der Waals surface area contributed by atoms with Gasteiger partial charge >= 0.3 is 5.97 Å². The lowest BCUT2D eigenvalue weighted by Crippen LogP contribution is -2.28. The van der Waals surface area contributed by atoms with E-state index >= 15 is 0 Å². The number of benzene rings is 2. The second kappa shape index (κ2) is 10.8. The van der Waals surface area contributed by atoms with Crippen molar-refractivity contribution >= 4 is 35.3 Å². The Morgan fingerprint density at radius 3 is 2.59 bits per heavy atom. The Bertz CT molecular complexity index is 1060. The van der Waals surface area contributed by atoms with E-state index < -0.39 is 10.7 Å². The van der Waals surface area contributed by atoms with Crippen LogP contribution in [0.3, 0.4) is 0 Å². The first-order chi connectivity index (χ1) is 15.3. The van der Waals surface area contributed by atoms with Crippen LogP contribution in [0.2, 0.25) is 5.02 Å². The Balaban J connectivity index is 1.80. The second-order valence-electron chi connectivity index (χ2n) is 7.73. The third kappa shape index (κ3) is 6.45. The van der Waals surface area contributed by atoms with Gasteiger partial charge in [0.15, 0.2) is 0 Å². The molecule has 0 saturated carbocycles. The second-order valence-corrected chi connectivity index (χ2v) is 9.86. The molecule has 0 radical (unpaired) electrons. The van der Waals surface area contributed by atoms with Crippen LogP contribution in [0.4, 0.5) is 5.95 Å². The standard InChI is InChI=1S/C24H26ClN3O3S/c1-24(2,22(29)30)32-20-9-7-17(8-10-20)16-28(13-14-31-3)23-26-12-11-21(27-23)18-5-4-6-19(25)15-18/h4-12,15H,13-14,16H2,1-3H3,(H,29,30). The van der Waals surface area contributed by atoms with Crippen molar-refractivity contribution in [1.29, 1.82) is 0 Å². The minimum Gasteiger partial charge on any atom is -0.480 e. The van der Waals surface area contributed by atoms with E-state index in [1.165, 1.54) is 11.8 Å². The van der Waals surface area contributed by atoms with Crippen molar-refractivity contribution in [3.05, 3.63) is 71.4 Å². The maximum absolute atomic E-state index is 11.4. The van der Waals surface area contributed by atoms with Gasteiger partial charge in [0.2, 0.25) is 5.95 Å². The average molecular weight is 472 g/mol. The number of ether oxygens (including phenoxy) is 1. The van der Waals surface area contributed by atoms with Crippen LogP contribution in [0.25, 0.3) is 11.3 Å². The molecule has 6 nitrogen and oxygen atoms in total. The molecule has 0 fully saturated rings. The van der Waals surface area contributed by atoms with Gasteiger partial charge in [0.25, 0.3) is 0 Å². The van der Waals surface area contributed by atoms with Crippen molar-refractivity contribution in [2.24, 2.45) is 0 Å². The highest BCUT2D eigenvalue weighted by molar-refractivity contribution is 8.01. The average Bonchev–Trinajstić information content (AvgIpc) is 2.77. The number of thioether (sulfide) groups is 1. The van der Waals surface area contributed by atoms with Gasteiger partial charge in [-0.25, -0.2) is 9.97 Å². The molecule has 0 unspecified atom stereocenters. The SMILES string of the molecule is COCCN(Cc1ccc(SC(C)(C)C(=O)O)cc1)c1nccc(-c2cccc(Cl)c2)n1. The topological polar surface area (TPSA) is 75.5 Å². The van der Waals surface area contributed by atoms with Gasteiger partial charge in [-0.2, -0.15) is 0 Å². The Morgan fingerprint density at radius 2 is 1.94 bits per heavy atom. The minimum atomic E-state index is -0.888. The summed E-state index contributed by atoms with van der Waals surface area (Å²) in [6.45, 7) is 5.15. The number of anilines is 1. The highest BCUT2D eigenvalue weighted by atomic mass is 35.5. The van der Waals surface area contributed by atoms with Crippen molar-refractivity contribution in [3.63, 3.8) is 0 Å². The van der Waals surface area contributed by atoms with Crippen LogP contribution in [0, 0.1) is 0 Å². The monoisotopic (exact) mass is 471 g/mol. The van der Waals surface area contributed by atoms with Gasteiger partial charge in [0.05, 0.1) is 12.3 Å². The summed E-state index contributed by atoms with van der Waals surface area (Å²) in [7, 11) is 1.66. The molecular weight excluding hydrogens is 446 g/mol. The molecule has 0 aliphatic rings. The lowest BCUT2D eigenvalue weighted by Gasteiger charge is -2.23. The maximum atomic E-state index is 11.4. The van der Waals surface area contributed by atoms with E-state index in [1.54, 1.807) is 27.2 Å². The van der Waals surface area contributed by atoms with Gasteiger partial charge in [-0.05, 0) is 49.7 Å². The van der Waals surface area contributed by atoms with E-state index in [9.17, 15) is 9.90 Å². The fourth-order valence-electron chi connectivity index (χ4n) is 2.98. The maximum Gasteiger partial charge on any atom is 0.319 e. The number of nitrogens with zero attached hydrogens (tertiary/aromatic N) is 3. The van der Waals surface area contributed by atoms with Gasteiger partial charge in [0, 0.05) is 41.9 Å². The highest BCUT2D eigenvalue weighted by Crippen LogP contribution is 2.33. The van der Waals surface area contributed by atoms with E-state index in [1.807, 2.05) is 54.6 Å². The molecule has 32 heavy (non-hydrogen) atoms. The smallest absolute Gasteiger partial charge is 0.319 e. The van der Waals surface area contributed by atoms with E-state index in [4.69, 9.17) is 21.3 Å². The first-order valence-corrected chi connectivity index (χ1v) is 11.3. The molecule has 2 aromatic carbocycles. The lowest BCUT2D eigenvalue weighted by atomic mass is 10.1. The molecule has 1 aromatic heterocycles. The third-order valence-electron chi connectivity index (χ3n) is 4.80. The summed E-state index contributed by atoms with van der Waals surface area (Å²) in [4.78, 5) is 23.6. The summed E-state index contributed by atoms with van der Waals surface area (Å²) < 4.78 is 4.40. The van der Waals surface area contributed by atoms with Crippen LogP contribution in [0.15, 0.2) is 65.7 Å². The molecule has 168 valence electrons. The van der Waals surface area contributed by atoms with Crippen LogP contribution < -0.4 is 4.90 Å². The lowest BCUT2D eigenvalue weighted by molar-refractivity contribution is -0.138. The fraction of sp³-hybridized carbons (Fsp3) is 0.292. The van der Waals surface area contributed by atoms with Crippen LogP contribution >= 0.6 is 23.4 Å². The van der Waals surface area contributed by atoms with Crippen LogP contribution in [-0.4, -0.2) is 46.1 Å². The molecule has 0 spiro atoms. The van der Waals surface area contributed by atoms with E-state index in [-0.39, 0.29) is 0 Å². The number of aliphatic carboxylic acids is 1. The van der Waals surface area contributed by atoms with Crippen LogP contribution in [-0.2, 0) is 16.1 Å². The fourth-order valence-corrected chi connectivity index (χ4v) is 4.12. The van der Waals surface area contributed by atoms with Gasteiger partial charge < -0.3 is 14.7 Å². The predicted octanol–water partition coefficient (Wildman–Crippen LogP) is 5.41. The summed E-state index contributed by atoms with van der Waals surface area (Å²) in [6.07, 6.45) is 1.74. The van der Waals surface area contributed by atoms with E-state index in [0.29, 0.717) is 30.7 Å². The molecule has 3 aromatic rings. The Morgan fingerprint density at radius 1 is 1.19 bits per heavy atom. The molecule has 3 rings (SSSR count). The minimum absolute atomic E-state index is 0.533. The largest absolute Gasteiger partial charge is 0.480 e. The number of carboxylic acids is 1. The molecule has 0 atom stereocenters. The zero-order valence-corrected chi connectivity index (χ0v) is 19.9. The predicted molar refractivity (Wildman–Crippen MR) is 129 cm³/mol. The number of carboxylic acid groups (broad SMARTS) is 1. The van der Waals surface area contributed by atoms with Gasteiger partial charge in [-0.1, -0.05) is 35.9 Å². The zero-order valence-electron chi connectivity index (χ0n) is 18.3. The Hall–Kier alpha value is -2.61. The number of aromatic nitrogens is 2. The molecule has 8 heteroatoms. The number of halogens is 1. The van der Waals surface area contributed by atoms with Crippen molar-refractivity contribution in [3.8, 4) is 11.3 Å². The van der Waals surface area contributed by atoms with Crippen molar-refractivity contribution in [2.75, 3.05) is 25.2 Å². The first kappa shape index (κ1) is 24.0. The van der Waals surface area contributed by atoms with Crippen LogP contribution in [0.1, 0.15) is 19.4 Å². The molecular formula is C24H26ClN3O3S. The first-order valence-electron chi connectivity index (χ1n) is 10.1. The highest BCUT2D eigenvalue weighted by Gasteiger charge is 2.28. The molecule has 1 N–H and O–H groups in total. The number of methoxy groups -OCH3 is 1. The quantitative estimate of drug-likeness (QED) is 0.396. The molecule has 0 bridgehead atoms. The number of hydrogen-bond acceptors (Lipinski definition) is 6. The van der Waals surface area contributed by atoms with E-state index in [2.05, 4.69) is 9.88 Å². The normalized spacial score (nSPS) is 11.4. The molecule has 0 amide bonds. The molecule has 0 aliphatic carbocycles. The van der Waals surface area contributed by atoms with Crippen molar-refractivity contribution < 1.29 is 14.6 Å². The summed E-state index contributed by atoms with van der Waals surface area (Å²) in [5.41, 5.74) is 2.79. The van der Waals surface area contributed by atoms with E-state index in [0.717, 1.165) is 21.7 Å². The molecule has 0 aliphatic heterocycles. The van der Waals surface area contributed by atoms with Gasteiger partial charge in [-0.3, -0.25) is 4.79 Å². The molecule has 1 heterocycles. The molecule has 0 saturated heterocycles. The van der Waals surface area contributed by atoms with Crippen molar-refractivity contribution in [1.82, 2.24) is 9.97 Å². The van der Waals surface area contributed by atoms with Gasteiger partial charge in [-0.15, -0.1) is 11.8 Å². The number of hydrogen-bond donors (Lipinski definition) is 1. The summed E-state index contributed by atoms with van der Waals surface area (Å²) in [5.74, 6) is -0.237. The zero-order chi connectivity index (χ0) is 23.1. The summed E-state index contributed by atoms with van der Waals surface area (Å²) in [6, 6.07) is 17.3. The Kier molecular flexibility index (Phi) is 8.12. The summed E-state index contributed by atoms with van der Waals surface area (Å²) >= 11 is 7.46. The third-order valence-corrected chi connectivity index (χ3v) is 6.22. The Labute approximate surface area is 197 Å². The number of rotatable bonds is 10. The summed E-state index contributed by atoms with van der Waals surface area (Å²) in [5, 5.41) is 10.00. The number of carbonyl (C=O) groups is 1. The van der Waals surface area contributed by atoms with Crippen molar-refractivity contribution in [2.45, 2.75) is 30.0 Å².